The summed E-state index contributed by atoms with van der Waals surface area (Å²) in [5.41, 5.74) is 9.79. The van der Waals surface area contributed by atoms with Crippen LogP contribution in [0.2, 0.25) is 0 Å². The van der Waals surface area contributed by atoms with Gasteiger partial charge in [-0.15, -0.1) is 0 Å². The van der Waals surface area contributed by atoms with Crippen LogP contribution in [0.4, 0.5) is 5.69 Å². The maximum Gasteiger partial charge on any atom is 0.0735 e. The van der Waals surface area contributed by atoms with Crippen molar-refractivity contribution in [1.29, 1.82) is 0 Å². The van der Waals surface area contributed by atoms with Gasteiger partial charge in [0.25, 0.3) is 0 Å². The summed E-state index contributed by atoms with van der Waals surface area (Å²) in [6, 6.07) is 9.38. The van der Waals surface area contributed by atoms with E-state index in [1.54, 1.807) is 11.8 Å². The summed E-state index contributed by atoms with van der Waals surface area (Å²) in [5, 5.41) is 2.25. The molecule has 1 aromatic rings. The highest BCUT2D eigenvalue weighted by molar-refractivity contribution is 8.06. The van der Waals surface area contributed by atoms with Crippen LogP contribution in [-0.4, -0.2) is 12.6 Å². The molecule has 0 bridgehead atoms. The number of hydrogen-bond donors (Lipinski definition) is 0. The van der Waals surface area contributed by atoms with Crippen LogP contribution in [0.5, 0.6) is 0 Å². The molecule has 0 saturated carbocycles. The molecule has 0 saturated heterocycles. The Morgan fingerprint density at radius 1 is 0.902 bits per heavy atom. The van der Waals surface area contributed by atoms with Crippen molar-refractivity contribution in [3.63, 3.8) is 0 Å². The highest BCUT2D eigenvalue weighted by atomic mass is 32.2. The smallest absolute Gasteiger partial charge is 0.0735 e. The molecule has 222 valence electrons. The van der Waals surface area contributed by atoms with Gasteiger partial charge in [-0.1, -0.05) is 139 Å². The molecular formula is C39H55NS. The number of anilines is 1. The molecule has 41 heavy (non-hydrogen) atoms. The van der Waals surface area contributed by atoms with Crippen molar-refractivity contribution in [2.24, 2.45) is 0 Å². The number of para-hydroxylation sites is 1. The first-order valence-corrected chi connectivity index (χ1v) is 17.3. The van der Waals surface area contributed by atoms with E-state index in [9.17, 15) is 0 Å². The second kappa shape index (κ2) is 18.2. The van der Waals surface area contributed by atoms with Crippen LogP contribution in [0, 0.1) is 0 Å². The summed E-state index contributed by atoms with van der Waals surface area (Å²) in [6.45, 7) is 17.0. The van der Waals surface area contributed by atoms with Crippen molar-refractivity contribution < 1.29 is 0 Å². The third kappa shape index (κ3) is 9.53. The minimum absolute atomic E-state index is 0.297. The SMILES string of the molecule is C=C(S/C=C\CCCCCC)/C(C)=C/C(CCCCCC)=C(\C)C1=C2C=CC=CC2N(CCCC)c2ccccc21. The van der Waals surface area contributed by atoms with E-state index in [0.717, 1.165) is 17.9 Å². The Hall–Kier alpha value is -2.45. The average molecular weight is 570 g/mol. The molecule has 1 aliphatic heterocycles. The molecule has 1 aromatic carbocycles. The highest BCUT2D eigenvalue weighted by Gasteiger charge is 2.31. The number of benzene rings is 1. The zero-order chi connectivity index (χ0) is 29.5. The number of allylic oxidation sites excluding steroid dienone is 8. The zero-order valence-corrected chi connectivity index (χ0v) is 27.5. The van der Waals surface area contributed by atoms with Crippen molar-refractivity contribution in [2.75, 3.05) is 11.4 Å². The quantitative estimate of drug-likeness (QED) is 0.128. The van der Waals surface area contributed by atoms with Crippen LogP contribution in [0.25, 0.3) is 5.57 Å². The monoisotopic (exact) mass is 569 g/mol. The largest absolute Gasteiger partial charge is 0.360 e. The second-order valence-corrected chi connectivity index (χ2v) is 12.6. The van der Waals surface area contributed by atoms with E-state index >= 15 is 0 Å². The summed E-state index contributed by atoms with van der Waals surface area (Å²) in [4.78, 5) is 3.78. The van der Waals surface area contributed by atoms with E-state index in [1.807, 2.05) is 0 Å². The normalized spacial score (nSPS) is 17.2. The molecule has 0 aromatic heterocycles. The van der Waals surface area contributed by atoms with Gasteiger partial charge in [0.1, 0.15) is 0 Å². The fourth-order valence-corrected chi connectivity index (χ4v) is 6.52. The Morgan fingerprint density at radius 3 is 2.39 bits per heavy atom. The molecule has 1 nitrogen and oxygen atoms in total. The first kappa shape index (κ1) is 33.1. The van der Waals surface area contributed by atoms with Gasteiger partial charge in [-0.25, -0.2) is 0 Å². The topological polar surface area (TPSA) is 3.24 Å². The third-order valence-electron chi connectivity index (χ3n) is 8.38. The lowest BCUT2D eigenvalue weighted by atomic mass is 9.80. The summed E-state index contributed by atoms with van der Waals surface area (Å²) in [5.74, 6) is 0. The van der Waals surface area contributed by atoms with Gasteiger partial charge in [-0.3, -0.25) is 0 Å². The molecule has 3 rings (SSSR count). The molecule has 1 aliphatic carbocycles. The van der Waals surface area contributed by atoms with Gasteiger partial charge < -0.3 is 4.90 Å². The molecule has 1 unspecified atom stereocenters. The maximum atomic E-state index is 4.46. The molecule has 0 spiro atoms. The van der Waals surface area contributed by atoms with Gasteiger partial charge >= 0.3 is 0 Å². The maximum absolute atomic E-state index is 4.46. The summed E-state index contributed by atoms with van der Waals surface area (Å²) in [7, 11) is 0. The van der Waals surface area contributed by atoms with Gasteiger partial charge in [0.15, 0.2) is 0 Å². The molecule has 0 amide bonds. The first-order valence-electron chi connectivity index (χ1n) is 16.4. The van der Waals surface area contributed by atoms with Crippen molar-refractivity contribution in [3.05, 3.63) is 105 Å². The van der Waals surface area contributed by atoms with Gasteiger partial charge in [0.2, 0.25) is 0 Å². The van der Waals surface area contributed by atoms with E-state index in [-0.39, 0.29) is 0 Å². The third-order valence-corrected chi connectivity index (χ3v) is 9.31. The van der Waals surface area contributed by atoms with E-state index in [0.29, 0.717) is 6.04 Å². The van der Waals surface area contributed by atoms with Gasteiger partial charge in [-0.2, -0.15) is 0 Å². The van der Waals surface area contributed by atoms with Gasteiger partial charge in [0.05, 0.1) is 6.04 Å². The lowest BCUT2D eigenvalue weighted by Gasteiger charge is -2.41. The molecule has 0 N–H and O–H groups in total. The van der Waals surface area contributed by atoms with E-state index in [2.05, 4.69) is 112 Å². The lowest BCUT2D eigenvalue weighted by Crippen LogP contribution is -2.40. The predicted octanol–water partition coefficient (Wildman–Crippen LogP) is 12.5. The van der Waals surface area contributed by atoms with Crippen LogP contribution in [0.15, 0.2) is 99.9 Å². The van der Waals surface area contributed by atoms with Crippen molar-refractivity contribution in [2.45, 2.75) is 118 Å². The summed E-state index contributed by atoms with van der Waals surface area (Å²) < 4.78 is 0. The van der Waals surface area contributed by atoms with Crippen molar-refractivity contribution >= 4 is 23.0 Å². The molecule has 2 heteroatoms. The Bertz CT molecular complexity index is 1170. The number of rotatable bonds is 18. The fourth-order valence-electron chi connectivity index (χ4n) is 5.87. The second-order valence-electron chi connectivity index (χ2n) is 11.6. The molecule has 1 heterocycles. The zero-order valence-electron chi connectivity index (χ0n) is 26.7. The van der Waals surface area contributed by atoms with E-state index < -0.39 is 0 Å². The van der Waals surface area contributed by atoms with Gasteiger partial charge in [0, 0.05) is 22.7 Å². The lowest BCUT2D eigenvalue weighted by molar-refractivity contribution is 0.666. The number of fused-ring (bicyclic) bond motifs is 2. The Morgan fingerprint density at radius 2 is 1.63 bits per heavy atom. The van der Waals surface area contributed by atoms with Crippen LogP contribution in [0.1, 0.15) is 117 Å². The fraction of sp³-hybridized carbons (Fsp3) is 0.487. The number of hydrogen-bond acceptors (Lipinski definition) is 2. The van der Waals surface area contributed by atoms with Crippen molar-refractivity contribution in [1.82, 2.24) is 0 Å². The summed E-state index contributed by atoms with van der Waals surface area (Å²) in [6.07, 6.45) is 29.0. The molecule has 2 aliphatic rings. The standard InChI is InChI=1S/C39H55NS/c1-7-10-13-15-16-22-29-41-33(6)31(4)30-34(23-17-14-11-8-2)32(5)39-35-24-18-20-26-37(35)40(28-12-9-3)38-27-21-19-25-36(38)39/h18-22,24-27,29-30,37H,6-17,23,28H2,1-5H3/b29-22-,31-30+,34-32+. The number of thioether (sulfide) groups is 1. The van der Waals surface area contributed by atoms with E-state index in [1.165, 1.54) is 110 Å². The van der Waals surface area contributed by atoms with Gasteiger partial charge in [-0.05, 0) is 85.3 Å². The minimum atomic E-state index is 0.297. The minimum Gasteiger partial charge on any atom is -0.360 e. The van der Waals surface area contributed by atoms with Crippen LogP contribution in [-0.2, 0) is 0 Å². The van der Waals surface area contributed by atoms with Crippen molar-refractivity contribution in [3.8, 4) is 0 Å². The summed E-state index contributed by atoms with van der Waals surface area (Å²) >= 11 is 1.78. The molecule has 1 atom stereocenters. The Labute approximate surface area is 257 Å². The number of nitrogens with zero attached hydrogens (tertiary/aromatic N) is 1. The first-order chi connectivity index (χ1) is 20.0. The highest BCUT2D eigenvalue weighted by Crippen LogP contribution is 2.45. The molecular weight excluding hydrogens is 515 g/mol. The molecule has 0 radical (unpaired) electrons. The van der Waals surface area contributed by atoms with Crippen LogP contribution >= 0.6 is 11.8 Å². The molecule has 0 fully saturated rings. The van der Waals surface area contributed by atoms with Crippen LogP contribution in [0.3, 0.4) is 0 Å². The Balaban J connectivity index is 1.97. The Kier molecular flexibility index (Phi) is 14.6. The number of unbranched alkanes of at least 4 members (excludes halogenated alkanes) is 8. The van der Waals surface area contributed by atoms with E-state index in [4.69, 9.17) is 0 Å². The predicted molar refractivity (Wildman–Crippen MR) is 188 cm³/mol. The average Bonchev–Trinajstić information content (AvgIpc) is 2.99. The van der Waals surface area contributed by atoms with Crippen LogP contribution < -0.4 is 4.90 Å².